The van der Waals surface area contributed by atoms with Crippen LogP contribution in [0.1, 0.15) is 39.8 Å². The number of fused-ring (bicyclic) bond motifs is 1. The maximum Gasteiger partial charge on any atom is 0.256 e. The number of aromatic nitrogens is 4. The van der Waals surface area contributed by atoms with Gasteiger partial charge in [-0.15, -0.1) is 10.2 Å². The number of aryl methyl sites for hydroxylation is 3. The van der Waals surface area contributed by atoms with Crippen LogP contribution in [0.15, 0.2) is 34.7 Å². The summed E-state index contributed by atoms with van der Waals surface area (Å²) in [5.74, 6) is 1.57. The average molecular weight is 323 g/mol. The molecule has 7 heteroatoms. The van der Waals surface area contributed by atoms with Crippen molar-refractivity contribution in [3.63, 3.8) is 0 Å². The Balaban J connectivity index is 1.42. The van der Waals surface area contributed by atoms with E-state index in [1.54, 1.807) is 19.1 Å². The molecule has 2 aromatic heterocycles. The summed E-state index contributed by atoms with van der Waals surface area (Å²) < 4.78 is 7.31. The lowest BCUT2D eigenvalue weighted by atomic mass is 10.1. The number of nitrogens with one attached hydrogen (secondary N) is 1. The second-order valence-corrected chi connectivity index (χ2v) is 5.89. The van der Waals surface area contributed by atoms with E-state index in [1.807, 2.05) is 22.9 Å². The molecule has 24 heavy (non-hydrogen) atoms. The van der Waals surface area contributed by atoms with Crippen LogP contribution < -0.4 is 5.32 Å². The molecule has 1 N–H and O–H groups in total. The number of rotatable bonds is 4. The molecule has 0 radical (unpaired) electrons. The quantitative estimate of drug-likeness (QED) is 0.796. The minimum Gasteiger partial charge on any atom is -0.425 e. The van der Waals surface area contributed by atoms with Gasteiger partial charge in [0.25, 0.3) is 5.91 Å². The van der Waals surface area contributed by atoms with E-state index in [-0.39, 0.29) is 5.91 Å². The molecule has 1 amide bonds. The molecule has 0 unspecified atom stereocenters. The lowest BCUT2D eigenvalue weighted by Gasteiger charge is -2.03. The normalized spacial score (nSPS) is 13.0. The molecular formula is C17H17N5O2. The first-order chi connectivity index (χ1) is 11.7. The number of hydrogen-bond acceptors (Lipinski definition) is 5. The van der Waals surface area contributed by atoms with Gasteiger partial charge in [-0.05, 0) is 30.5 Å². The van der Waals surface area contributed by atoms with E-state index >= 15 is 0 Å². The minimum atomic E-state index is -0.160. The first kappa shape index (κ1) is 14.6. The molecule has 0 bridgehead atoms. The van der Waals surface area contributed by atoms with Gasteiger partial charge >= 0.3 is 0 Å². The molecule has 7 nitrogen and oxygen atoms in total. The summed E-state index contributed by atoms with van der Waals surface area (Å²) in [7, 11) is 0. The highest BCUT2D eigenvalue weighted by atomic mass is 16.4. The number of carbonyl (C=O) groups is 1. The Morgan fingerprint density at radius 3 is 2.83 bits per heavy atom. The highest BCUT2D eigenvalue weighted by Gasteiger charge is 2.15. The van der Waals surface area contributed by atoms with Gasteiger partial charge in [-0.25, -0.2) is 0 Å². The van der Waals surface area contributed by atoms with E-state index in [4.69, 9.17) is 4.42 Å². The number of hydrogen-bond donors (Lipinski definition) is 1. The Bertz CT molecular complexity index is 857. The van der Waals surface area contributed by atoms with E-state index in [9.17, 15) is 4.79 Å². The molecule has 0 aliphatic carbocycles. The zero-order chi connectivity index (χ0) is 16.5. The van der Waals surface area contributed by atoms with Crippen LogP contribution >= 0.6 is 0 Å². The van der Waals surface area contributed by atoms with Crippen LogP contribution in [-0.4, -0.2) is 25.9 Å². The number of anilines is 1. The zero-order valence-corrected chi connectivity index (χ0v) is 13.3. The molecule has 0 saturated carbocycles. The molecule has 3 heterocycles. The van der Waals surface area contributed by atoms with Crippen molar-refractivity contribution in [1.82, 2.24) is 20.0 Å². The lowest BCUT2D eigenvalue weighted by Crippen LogP contribution is -2.12. The van der Waals surface area contributed by atoms with Gasteiger partial charge in [-0.2, -0.15) is 5.10 Å². The van der Waals surface area contributed by atoms with E-state index in [2.05, 4.69) is 20.6 Å². The van der Waals surface area contributed by atoms with Gasteiger partial charge in [-0.1, -0.05) is 12.1 Å². The van der Waals surface area contributed by atoms with Crippen molar-refractivity contribution < 1.29 is 9.21 Å². The summed E-state index contributed by atoms with van der Waals surface area (Å²) in [6.07, 6.45) is 2.70. The summed E-state index contributed by atoms with van der Waals surface area (Å²) in [4.78, 5) is 12.3. The standard InChI is InChI=1S/C17H17N5O2/c1-11-19-20-16(24-11)9-12-4-6-13(7-5-12)17(23)18-15-10-14-3-2-8-22(14)21-15/h4-7,10H,2-3,8-9H2,1H3,(H,18,21,23). The number of amides is 1. The lowest BCUT2D eigenvalue weighted by molar-refractivity contribution is 0.102. The Hall–Kier alpha value is -2.96. The molecule has 0 fully saturated rings. The number of benzene rings is 1. The highest BCUT2D eigenvalue weighted by Crippen LogP contribution is 2.18. The molecule has 1 aliphatic heterocycles. The van der Waals surface area contributed by atoms with Gasteiger partial charge in [0.05, 0.1) is 6.42 Å². The van der Waals surface area contributed by atoms with Gasteiger partial charge < -0.3 is 9.73 Å². The molecular weight excluding hydrogens is 306 g/mol. The third-order valence-electron chi connectivity index (χ3n) is 4.05. The van der Waals surface area contributed by atoms with Crippen LogP contribution in [0.3, 0.4) is 0 Å². The summed E-state index contributed by atoms with van der Waals surface area (Å²) >= 11 is 0. The molecule has 0 spiro atoms. The summed E-state index contributed by atoms with van der Waals surface area (Å²) in [5, 5.41) is 15.0. The Labute approximate surface area is 138 Å². The van der Waals surface area contributed by atoms with Crippen molar-refractivity contribution in [2.45, 2.75) is 32.7 Å². The maximum absolute atomic E-state index is 12.3. The predicted octanol–water partition coefficient (Wildman–Crippen LogP) is 2.36. The largest absolute Gasteiger partial charge is 0.425 e. The van der Waals surface area contributed by atoms with Crippen LogP contribution in [0.2, 0.25) is 0 Å². The second kappa shape index (κ2) is 5.92. The summed E-state index contributed by atoms with van der Waals surface area (Å²) in [6, 6.07) is 9.30. The zero-order valence-electron chi connectivity index (χ0n) is 13.3. The number of carbonyl (C=O) groups excluding carboxylic acids is 1. The Kier molecular flexibility index (Phi) is 3.60. The second-order valence-electron chi connectivity index (χ2n) is 5.89. The van der Waals surface area contributed by atoms with Gasteiger partial charge in [0.2, 0.25) is 11.8 Å². The average Bonchev–Trinajstić information content (AvgIpc) is 3.24. The van der Waals surface area contributed by atoms with Gasteiger partial charge in [0.1, 0.15) is 0 Å². The van der Waals surface area contributed by atoms with Crippen LogP contribution in [0, 0.1) is 6.92 Å². The fraction of sp³-hybridized carbons (Fsp3) is 0.294. The van der Waals surface area contributed by atoms with Crippen LogP contribution in [0.4, 0.5) is 5.82 Å². The molecule has 0 saturated heterocycles. The van der Waals surface area contributed by atoms with E-state index < -0.39 is 0 Å². The fourth-order valence-electron chi connectivity index (χ4n) is 2.87. The SMILES string of the molecule is Cc1nnc(Cc2ccc(C(=O)Nc3cc4n(n3)CCC4)cc2)o1. The third-order valence-corrected chi connectivity index (χ3v) is 4.05. The van der Waals surface area contributed by atoms with Crippen molar-refractivity contribution in [3.05, 3.63) is 58.9 Å². The molecule has 1 aromatic carbocycles. The molecule has 122 valence electrons. The third kappa shape index (κ3) is 2.92. The van der Waals surface area contributed by atoms with Gasteiger partial charge in [-0.3, -0.25) is 9.48 Å². The van der Waals surface area contributed by atoms with Crippen LogP contribution in [0.25, 0.3) is 0 Å². The van der Waals surface area contributed by atoms with Gasteiger partial charge in [0.15, 0.2) is 5.82 Å². The predicted molar refractivity (Wildman–Crippen MR) is 86.8 cm³/mol. The van der Waals surface area contributed by atoms with Crippen LogP contribution in [0.5, 0.6) is 0 Å². The van der Waals surface area contributed by atoms with E-state index in [0.717, 1.165) is 24.9 Å². The molecule has 3 aromatic rings. The first-order valence-corrected chi connectivity index (χ1v) is 7.93. The van der Waals surface area contributed by atoms with E-state index in [1.165, 1.54) is 5.69 Å². The van der Waals surface area contributed by atoms with Crippen molar-refractivity contribution >= 4 is 11.7 Å². The van der Waals surface area contributed by atoms with Crippen molar-refractivity contribution in [2.75, 3.05) is 5.32 Å². The summed E-state index contributed by atoms with van der Waals surface area (Å²) in [6.45, 7) is 2.69. The van der Waals surface area contributed by atoms with Crippen LogP contribution in [-0.2, 0) is 19.4 Å². The Morgan fingerprint density at radius 1 is 1.29 bits per heavy atom. The van der Waals surface area contributed by atoms with Crippen molar-refractivity contribution in [1.29, 1.82) is 0 Å². The molecule has 1 aliphatic rings. The first-order valence-electron chi connectivity index (χ1n) is 7.93. The highest BCUT2D eigenvalue weighted by molar-refractivity contribution is 6.03. The van der Waals surface area contributed by atoms with Crippen molar-refractivity contribution in [2.24, 2.45) is 0 Å². The number of nitrogens with zero attached hydrogens (tertiary/aromatic N) is 4. The van der Waals surface area contributed by atoms with Crippen molar-refractivity contribution in [3.8, 4) is 0 Å². The smallest absolute Gasteiger partial charge is 0.256 e. The maximum atomic E-state index is 12.3. The van der Waals surface area contributed by atoms with E-state index in [0.29, 0.717) is 29.6 Å². The molecule has 4 rings (SSSR count). The minimum absolute atomic E-state index is 0.160. The Morgan fingerprint density at radius 2 is 2.12 bits per heavy atom. The topological polar surface area (TPSA) is 85.8 Å². The molecule has 0 atom stereocenters. The fourth-order valence-corrected chi connectivity index (χ4v) is 2.87. The van der Waals surface area contributed by atoms with Gasteiger partial charge in [0, 0.05) is 30.8 Å². The monoisotopic (exact) mass is 323 g/mol. The summed E-state index contributed by atoms with van der Waals surface area (Å²) in [5.41, 5.74) is 2.78.